The van der Waals surface area contributed by atoms with Crippen molar-refractivity contribution < 1.29 is 4.74 Å². The van der Waals surface area contributed by atoms with Gasteiger partial charge in [0.05, 0.1) is 8.95 Å². The molecule has 0 fully saturated rings. The van der Waals surface area contributed by atoms with Gasteiger partial charge in [0.2, 0.25) is 0 Å². The quantitative estimate of drug-likeness (QED) is 0.844. The first-order chi connectivity index (χ1) is 7.69. The molecule has 1 aromatic carbocycles. The van der Waals surface area contributed by atoms with Crippen LogP contribution in [-0.2, 0) is 6.54 Å². The molecule has 0 unspecified atom stereocenters. The van der Waals surface area contributed by atoms with Gasteiger partial charge in [0, 0.05) is 6.54 Å². The normalized spacial score (nSPS) is 9.50. The first kappa shape index (κ1) is 13.6. The van der Waals surface area contributed by atoms with Crippen LogP contribution >= 0.6 is 31.9 Å². The van der Waals surface area contributed by atoms with E-state index in [0.717, 1.165) is 21.2 Å². The number of hydrogen-bond donors (Lipinski definition) is 1. The monoisotopic (exact) mass is 345 g/mol. The van der Waals surface area contributed by atoms with Crippen LogP contribution in [0.15, 0.2) is 21.1 Å². The van der Waals surface area contributed by atoms with Crippen LogP contribution < -0.4 is 10.1 Å². The summed E-state index contributed by atoms with van der Waals surface area (Å²) in [4.78, 5) is 0. The van der Waals surface area contributed by atoms with Crippen LogP contribution in [0.3, 0.4) is 0 Å². The second-order valence-corrected chi connectivity index (χ2v) is 4.84. The SMILES string of the molecule is CC#CCOc1c(Br)cc(CNC)cc1Br. The summed E-state index contributed by atoms with van der Waals surface area (Å²) in [7, 11) is 1.92. The first-order valence-corrected chi connectivity index (χ1v) is 6.42. The summed E-state index contributed by atoms with van der Waals surface area (Å²) in [6.07, 6.45) is 0. The maximum absolute atomic E-state index is 5.55. The van der Waals surface area contributed by atoms with E-state index in [-0.39, 0.29) is 0 Å². The predicted molar refractivity (Wildman–Crippen MR) is 73.6 cm³/mol. The lowest BCUT2D eigenvalue weighted by atomic mass is 10.2. The van der Waals surface area contributed by atoms with Gasteiger partial charge in [0.15, 0.2) is 0 Å². The van der Waals surface area contributed by atoms with Crippen LogP contribution in [0.5, 0.6) is 5.75 Å². The lowest BCUT2D eigenvalue weighted by molar-refractivity contribution is 0.365. The van der Waals surface area contributed by atoms with E-state index in [1.807, 2.05) is 19.2 Å². The first-order valence-electron chi connectivity index (χ1n) is 4.84. The number of ether oxygens (including phenoxy) is 1. The van der Waals surface area contributed by atoms with Crippen molar-refractivity contribution in [2.45, 2.75) is 13.5 Å². The molecule has 0 bridgehead atoms. The van der Waals surface area contributed by atoms with Gasteiger partial charge in [-0.3, -0.25) is 0 Å². The Bertz CT molecular complexity index is 398. The van der Waals surface area contributed by atoms with Crippen LogP contribution in [0.2, 0.25) is 0 Å². The molecule has 0 heterocycles. The van der Waals surface area contributed by atoms with Gasteiger partial charge in [0.1, 0.15) is 12.4 Å². The zero-order valence-corrected chi connectivity index (χ0v) is 12.4. The Hall–Kier alpha value is -0.500. The summed E-state index contributed by atoms with van der Waals surface area (Å²) in [5.41, 5.74) is 1.19. The van der Waals surface area contributed by atoms with E-state index in [4.69, 9.17) is 4.74 Å². The lowest BCUT2D eigenvalue weighted by Gasteiger charge is -2.10. The molecular weight excluding hydrogens is 334 g/mol. The highest BCUT2D eigenvalue weighted by atomic mass is 79.9. The van der Waals surface area contributed by atoms with Crippen molar-refractivity contribution in [1.29, 1.82) is 0 Å². The summed E-state index contributed by atoms with van der Waals surface area (Å²) in [5, 5.41) is 3.11. The molecule has 0 amide bonds. The molecule has 0 aliphatic carbocycles. The summed E-state index contributed by atoms with van der Waals surface area (Å²) in [6, 6.07) is 4.08. The maximum atomic E-state index is 5.55. The van der Waals surface area contributed by atoms with Crippen molar-refractivity contribution in [3.63, 3.8) is 0 Å². The van der Waals surface area contributed by atoms with Crippen molar-refractivity contribution in [3.05, 3.63) is 26.6 Å². The molecule has 1 rings (SSSR count). The van der Waals surface area contributed by atoms with Gasteiger partial charge in [-0.05, 0) is 63.5 Å². The van der Waals surface area contributed by atoms with E-state index in [9.17, 15) is 0 Å². The minimum absolute atomic E-state index is 0.402. The molecule has 0 radical (unpaired) electrons. The summed E-state index contributed by atoms with van der Waals surface area (Å²) in [5.74, 6) is 6.45. The highest BCUT2D eigenvalue weighted by Gasteiger charge is 2.08. The van der Waals surface area contributed by atoms with Crippen molar-refractivity contribution in [3.8, 4) is 17.6 Å². The Labute approximate surface area is 113 Å². The van der Waals surface area contributed by atoms with Crippen LogP contribution in [0.1, 0.15) is 12.5 Å². The Morgan fingerprint density at radius 1 is 1.31 bits per heavy atom. The third kappa shape index (κ3) is 3.82. The lowest BCUT2D eigenvalue weighted by Crippen LogP contribution is -2.05. The van der Waals surface area contributed by atoms with E-state index >= 15 is 0 Å². The molecule has 1 N–H and O–H groups in total. The van der Waals surface area contributed by atoms with Crippen molar-refractivity contribution in [2.75, 3.05) is 13.7 Å². The average molecular weight is 347 g/mol. The maximum Gasteiger partial charge on any atom is 0.149 e. The van der Waals surface area contributed by atoms with E-state index in [0.29, 0.717) is 6.61 Å². The molecule has 86 valence electrons. The summed E-state index contributed by atoms with van der Waals surface area (Å²) < 4.78 is 7.42. The molecule has 0 aliphatic rings. The van der Waals surface area contributed by atoms with Crippen LogP contribution in [0.25, 0.3) is 0 Å². The molecule has 0 aromatic heterocycles. The highest BCUT2D eigenvalue weighted by molar-refractivity contribution is 9.11. The molecule has 0 saturated carbocycles. The average Bonchev–Trinajstić information content (AvgIpc) is 2.23. The molecule has 4 heteroatoms. The topological polar surface area (TPSA) is 21.3 Å². The molecule has 16 heavy (non-hydrogen) atoms. The molecule has 0 aliphatic heterocycles. The van der Waals surface area contributed by atoms with Crippen molar-refractivity contribution in [1.82, 2.24) is 5.32 Å². The van der Waals surface area contributed by atoms with Crippen LogP contribution in [-0.4, -0.2) is 13.7 Å². The van der Waals surface area contributed by atoms with Gasteiger partial charge in [-0.1, -0.05) is 5.92 Å². The number of benzene rings is 1. The zero-order chi connectivity index (χ0) is 12.0. The Kier molecular flexibility index (Phi) is 5.89. The molecule has 2 nitrogen and oxygen atoms in total. The smallest absolute Gasteiger partial charge is 0.149 e. The number of halogens is 2. The second kappa shape index (κ2) is 6.95. The number of rotatable bonds is 4. The second-order valence-electron chi connectivity index (χ2n) is 3.13. The minimum Gasteiger partial charge on any atom is -0.479 e. The Morgan fingerprint density at radius 3 is 2.44 bits per heavy atom. The van der Waals surface area contributed by atoms with Gasteiger partial charge in [-0.15, -0.1) is 5.92 Å². The summed E-state index contributed by atoms with van der Waals surface area (Å²) >= 11 is 6.98. The summed E-state index contributed by atoms with van der Waals surface area (Å²) in [6.45, 7) is 3.02. The highest BCUT2D eigenvalue weighted by Crippen LogP contribution is 2.34. The predicted octanol–water partition coefficient (Wildman–Crippen LogP) is 3.33. The molecule has 1 aromatic rings. The third-order valence-corrected chi connectivity index (χ3v) is 3.08. The Morgan fingerprint density at radius 2 is 1.94 bits per heavy atom. The van der Waals surface area contributed by atoms with E-state index < -0.39 is 0 Å². The van der Waals surface area contributed by atoms with Gasteiger partial charge in [0.25, 0.3) is 0 Å². The van der Waals surface area contributed by atoms with Crippen LogP contribution in [0, 0.1) is 11.8 Å². The van der Waals surface area contributed by atoms with Crippen molar-refractivity contribution >= 4 is 31.9 Å². The standard InChI is InChI=1S/C12H13Br2NO/c1-3-4-5-16-12-10(13)6-9(8-15-2)7-11(12)14/h6-7,15H,5,8H2,1-2H3. The van der Waals surface area contributed by atoms with E-state index in [1.165, 1.54) is 5.56 Å². The van der Waals surface area contributed by atoms with Gasteiger partial charge < -0.3 is 10.1 Å². The fourth-order valence-corrected chi connectivity index (χ4v) is 2.75. The minimum atomic E-state index is 0.402. The fourth-order valence-electron chi connectivity index (χ4n) is 1.24. The largest absolute Gasteiger partial charge is 0.479 e. The third-order valence-electron chi connectivity index (χ3n) is 1.90. The fraction of sp³-hybridized carbons (Fsp3) is 0.333. The van der Waals surface area contributed by atoms with Crippen molar-refractivity contribution in [2.24, 2.45) is 0 Å². The van der Waals surface area contributed by atoms with E-state index in [1.54, 1.807) is 6.92 Å². The Balaban J connectivity index is 2.87. The molecule has 0 saturated heterocycles. The molecule has 0 atom stereocenters. The van der Waals surface area contributed by atoms with Gasteiger partial charge in [-0.25, -0.2) is 0 Å². The van der Waals surface area contributed by atoms with Crippen LogP contribution in [0.4, 0.5) is 0 Å². The molecule has 0 spiro atoms. The van der Waals surface area contributed by atoms with E-state index in [2.05, 4.69) is 49.0 Å². The zero-order valence-electron chi connectivity index (χ0n) is 9.23. The number of hydrogen-bond acceptors (Lipinski definition) is 2. The van der Waals surface area contributed by atoms with Gasteiger partial charge in [-0.2, -0.15) is 0 Å². The number of nitrogens with one attached hydrogen (secondary N) is 1. The molecular formula is C12H13Br2NO. The van der Waals surface area contributed by atoms with Gasteiger partial charge >= 0.3 is 0 Å².